The normalized spacial score (nSPS) is 36.2. The fourth-order valence-electron chi connectivity index (χ4n) is 3.57. The Kier molecular flexibility index (Phi) is 5.41. The lowest BCUT2D eigenvalue weighted by molar-refractivity contribution is -0.148. The number of carboxylic acid groups (broad SMARTS) is 1. The first-order valence-electron chi connectivity index (χ1n) is 7.80. The van der Waals surface area contributed by atoms with Gasteiger partial charge in [0.05, 0.1) is 5.41 Å². The van der Waals surface area contributed by atoms with Crippen molar-refractivity contribution in [2.45, 2.75) is 69.2 Å². The molecule has 0 aromatic heterocycles. The lowest BCUT2D eigenvalue weighted by atomic mass is 9.85. The number of hydrogen-bond donors (Lipinski definition) is 3. The van der Waals surface area contributed by atoms with E-state index in [4.69, 9.17) is 0 Å². The highest BCUT2D eigenvalue weighted by Gasteiger charge is 2.46. The van der Waals surface area contributed by atoms with Crippen LogP contribution in [0.4, 0.5) is 4.79 Å². The molecule has 120 valence electrons. The Labute approximate surface area is 130 Å². The van der Waals surface area contributed by atoms with Crippen LogP contribution in [-0.4, -0.2) is 40.7 Å². The second kappa shape index (κ2) is 6.90. The molecule has 0 saturated heterocycles. The van der Waals surface area contributed by atoms with Gasteiger partial charge < -0.3 is 15.7 Å². The summed E-state index contributed by atoms with van der Waals surface area (Å²) in [6, 6.07) is -0.280. The first-order chi connectivity index (χ1) is 9.97. The van der Waals surface area contributed by atoms with E-state index in [0.29, 0.717) is 11.7 Å². The lowest BCUT2D eigenvalue weighted by Crippen LogP contribution is -2.54. The summed E-state index contributed by atoms with van der Waals surface area (Å²) in [5.41, 5.74) is -0.831. The van der Waals surface area contributed by atoms with Crippen molar-refractivity contribution in [3.8, 4) is 0 Å². The van der Waals surface area contributed by atoms with Gasteiger partial charge in [-0.05, 0) is 38.9 Å². The Bertz CT molecular complexity index is 404. The molecule has 2 fully saturated rings. The number of carboxylic acids is 1. The van der Waals surface area contributed by atoms with Gasteiger partial charge in [0.15, 0.2) is 0 Å². The van der Waals surface area contributed by atoms with Crippen molar-refractivity contribution >= 4 is 23.8 Å². The number of carbonyl (C=O) groups is 2. The molecule has 0 bridgehead atoms. The summed E-state index contributed by atoms with van der Waals surface area (Å²) in [7, 11) is 0. The van der Waals surface area contributed by atoms with Gasteiger partial charge in [0, 0.05) is 17.3 Å². The Hall–Kier alpha value is -0.910. The third-order valence-corrected chi connectivity index (χ3v) is 6.24. The third-order valence-electron chi connectivity index (χ3n) is 5.07. The van der Waals surface area contributed by atoms with E-state index in [2.05, 4.69) is 16.9 Å². The van der Waals surface area contributed by atoms with Crippen LogP contribution >= 0.6 is 11.8 Å². The van der Waals surface area contributed by atoms with Gasteiger partial charge in [-0.1, -0.05) is 19.3 Å². The average Bonchev–Trinajstić information content (AvgIpc) is 2.82. The van der Waals surface area contributed by atoms with E-state index < -0.39 is 11.4 Å². The maximum Gasteiger partial charge on any atom is 0.315 e. The zero-order valence-corrected chi connectivity index (χ0v) is 13.7. The lowest BCUT2D eigenvalue weighted by Gasteiger charge is -2.33. The molecule has 2 aliphatic carbocycles. The van der Waals surface area contributed by atoms with Crippen LogP contribution in [0.1, 0.15) is 51.9 Å². The summed E-state index contributed by atoms with van der Waals surface area (Å²) in [5.74, 6) is -0.815. The fraction of sp³-hybridized carbons (Fsp3) is 0.867. The fourth-order valence-corrected chi connectivity index (χ4v) is 4.50. The first-order valence-corrected chi connectivity index (χ1v) is 9.09. The summed E-state index contributed by atoms with van der Waals surface area (Å²) in [6.45, 7) is 1.73. The zero-order valence-electron chi connectivity index (χ0n) is 12.9. The van der Waals surface area contributed by atoms with Crippen molar-refractivity contribution in [3.05, 3.63) is 0 Å². The average molecular weight is 314 g/mol. The predicted molar refractivity (Wildman–Crippen MR) is 84.6 cm³/mol. The van der Waals surface area contributed by atoms with E-state index >= 15 is 0 Å². The minimum Gasteiger partial charge on any atom is -0.481 e. The molecule has 0 spiro atoms. The Morgan fingerprint density at radius 3 is 2.52 bits per heavy atom. The van der Waals surface area contributed by atoms with Crippen molar-refractivity contribution in [2.24, 2.45) is 5.41 Å². The van der Waals surface area contributed by atoms with Gasteiger partial charge in [0.1, 0.15) is 0 Å². The van der Waals surface area contributed by atoms with Crippen molar-refractivity contribution < 1.29 is 14.7 Å². The zero-order chi connectivity index (χ0) is 15.5. The summed E-state index contributed by atoms with van der Waals surface area (Å²) >= 11 is 1.81. The monoisotopic (exact) mass is 314 g/mol. The molecule has 2 saturated carbocycles. The molecule has 4 unspecified atom stereocenters. The van der Waals surface area contributed by atoms with Gasteiger partial charge in [-0.15, -0.1) is 0 Å². The van der Waals surface area contributed by atoms with Crippen molar-refractivity contribution in [3.63, 3.8) is 0 Å². The van der Waals surface area contributed by atoms with Crippen molar-refractivity contribution in [1.29, 1.82) is 0 Å². The maximum absolute atomic E-state index is 12.2. The van der Waals surface area contributed by atoms with E-state index in [9.17, 15) is 14.7 Å². The van der Waals surface area contributed by atoms with Crippen LogP contribution in [0, 0.1) is 5.41 Å². The Morgan fingerprint density at radius 1 is 1.14 bits per heavy atom. The highest BCUT2D eigenvalue weighted by Crippen LogP contribution is 2.38. The molecule has 2 aliphatic rings. The van der Waals surface area contributed by atoms with Crippen LogP contribution < -0.4 is 10.6 Å². The highest BCUT2D eigenvalue weighted by molar-refractivity contribution is 7.99. The second-order valence-electron chi connectivity index (χ2n) is 6.45. The molecule has 6 heteroatoms. The molecule has 0 radical (unpaired) electrons. The van der Waals surface area contributed by atoms with E-state index in [1.54, 1.807) is 18.7 Å². The number of hydrogen-bond acceptors (Lipinski definition) is 3. The van der Waals surface area contributed by atoms with E-state index in [0.717, 1.165) is 32.1 Å². The van der Waals surface area contributed by atoms with Gasteiger partial charge in [-0.2, -0.15) is 11.8 Å². The quantitative estimate of drug-likeness (QED) is 0.745. The molecule has 2 rings (SSSR count). The number of thioether (sulfide) groups is 1. The van der Waals surface area contributed by atoms with Gasteiger partial charge in [0.2, 0.25) is 0 Å². The van der Waals surface area contributed by atoms with Crippen LogP contribution in [0.25, 0.3) is 0 Å². The Balaban J connectivity index is 1.90. The summed E-state index contributed by atoms with van der Waals surface area (Å²) < 4.78 is 0. The van der Waals surface area contributed by atoms with Crippen LogP contribution in [0.15, 0.2) is 0 Å². The minimum absolute atomic E-state index is 0.200. The van der Waals surface area contributed by atoms with Crippen molar-refractivity contribution in [2.75, 3.05) is 6.26 Å². The number of urea groups is 1. The maximum atomic E-state index is 12.2. The highest BCUT2D eigenvalue weighted by atomic mass is 32.2. The minimum atomic E-state index is -0.831. The number of carbonyl (C=O) groups excluding carboxylic acids is 1. The first kappa shape index (κ1) is 16.5. The topological polar surface area (TPSA) is 78.4 Å². The molecule has 0 aromatic rings. The molecule has 4 atom stereocenters. The van der Waals surface area contributed by atoms with E-state index in [1.807, 2.05) is 0 Å². The smallest absolute Gasteiger partial charge is 0.315 e. The van der Waals surface area contributed by atoms with Gasteiger partial charge >= 0.3 is 12.0 Å². The van der Waals surface area contributed by atoms with E-state index in [1.165, 1.54) is 6.42 Å². The van der Waals surface area contributed by atoms with Crippen LogP contribution in [0.5, 0.6) is 0 Å². The van der Waals surface area contributed by atoms with E-state index in [-0.39, 0.29) is 18.1 Å². The number of aliphatic carboxylic acids is 1. The second-order valence-corrected chi connectivity index (χ2v) is 7.53. The summed E-state index contributed by atoms with van der Waals surface area (Å²) in [4.78, 5) is 23.6. The van der Waals surface area contributed by atoms with Crippen LogP contribution in [-0.2, 0) is 4.79 Å². The molecule has 5 nitrogen and oxygen atoms in total. The molecule has 21 heavy (non-hydrogen) atoms. The molecule has 3 N–H and O–H groups in total. The van der Waals surface area contributed by atoms with Gasteiger partial charge in [-0.3, -0.25) is 4.79 Å². The van der Waals surface area contributed by atoms with Crippen LogP contribution in [0.2, 0.25) is 0 Å². The molecule has 0 heterocycles. The number of amides is 2. The number of rotatable bonds is 4. The molecular formula is C15H26N2O3S. The summed E-state index contributed by atoms with van der Waals surface area (Å²) in [5, 5.41) is 15.8. The number of nitrogens with one attached hydrogen (secondary N) is 2. The third kappa shape index (κ3) is 3.65. The summed E-state index contributed by atoms with van der Waals surface area (Å²) in [6.07, 6.45) is 8.84. The Morgan fingerprint density at radius 2 is 1.86 bits per heavy atom. The SMILES string of the molecule is CSC1CCCCC1NC(=O)NC1CCCC1(C)C(=O)O. The van der Waals surface area contributed by atoms with Crippen LogP contribution in [0.3, 0.4) is 0 Å². The van der Waals surface area contributed by atoms with Gasteiger partial charge in [0.25, 0.3) is 0 Å². The molecular weight excluding hydrogens is 288 g/mol. The molecule has 2 amide bonds. The van der Waals surface area contributed by atoms with Crippen molar-refractivity contribution in [1.82, 2.24) is 10.6 Å². The molecule has 0 aliphatic heterocycles. The largest absolute Gasteiger partial charge is 0.481 e. The molecule has 0 aromatic carbocycles. The predicted octanol–water partition coefficient (Wildman–Crippen LogP) is 2.60. The standard InChI is InChI=1S/C15H26N2O3S/c1-15(13(18)19)9-5-8-12(15)17-14(20)16-10-6-3-4-7-11(10)21-2/h10-12H,3-9H2,1-2H3,(H,18,19)(H2,16,17,20). The van der Waals surface area contributed by atoms with Gasteiger partial charge in [-0.25, -0.2) is 4.79 Å².